The van der Waals surface area contributed by atoms with E-state index in [0.29, 0.717) is 10.6 Å². The lowest BCUT2D eigenvalue weighted by Gasteiger charge is -2.08. The molecule has 0 unspecified atom stereocenters. The summed E-state index contributed by atoms with van der Waals surface area (Å²) in [5.41, 5.74) is 2.44. The maximum atomic E-state index is 12.4. The monoisotopic (exact) mass is 301 g/mol. The number of hydrogen-bond acceptors (Lipinski definition) is 2. The molecule has 0 bridgehead atoms. The van der Waals surface area contributed by atoms with Gasteiger partial charge in [0.1, 0.15) is 0 Å². The molecule has 3 rings (SSSR count). The zero-order chi connectivity index (χ0) is 14.1. The summed E-state index contributed by atoms with van der Waals surface area (Å²) >= 11 is 7.54. The van der Waals surface area contributed by atoms with Gasteiger partial charge in [-0.15, -0.1) is 11.3 Å². The van der Waals surface area contributed by atoms with Crippen molar-refractivity contribution < 1.29 is 4.79 Å². The van der Waals surface area contributed by atoms with Crippen molar-refractivity contribution in [2.75, 3.05) is 5.32 Å². The molecule has 4 heteroatoms. The predicted octanol–water partition coefficient (Wildman–Crippen LogP) is 5.12. The Hall–Kier alpha value is -1.84. The second kappa shape index (κ2) is 5.27. The van der Waals surface area contributed by atoms with Gasteiger partial charge in [-0.2, -0.15) is 0 Å². The molecule has 2 aromatic carbocycles. The second-order valence-corrected chi connectivity index (χ2v) is 5.91. The van der Waals surface area contributed by atoms with Gasteiger partial charge in [0.2, 0.25) is 0 Å². The van der Waals surface area contributed by atoms with Crippen LogP contribution in [-0.4, -0.2) is 5.91 Å². The summed E-state index contributed by atoms with van der Waals surface area (Å²) in [6.45, 7) is 1.94. The first-order valence-electron chi connectivity index (χ1n) is 6.19. The number of anilines is 1. The average Bonchev–Trinajstić information content (AvgIpc) is 2.87. The zero-order valence-electron chi connectivity index (χ0n) is 10.8. The highest BCUT2D eigenvalue weighted by Gasteiger charge is 2.13. The highest BCUT2D eigenvalue weighted by atomic mass is 35.5. The van der Waals surface area contributed by atoms with Crippen LogP contribution < -0.4 is 5.32 Å². The van der Waals surface area contributed by atoms with Gasteiger partial charge in [0, 0.05) is 26.2 Å². The lowest BCUT2D eigenvalue weighted by Crippen LogP contribution is -2.12. The molecule has 0 atom stereocenters. The third-order valence-electron chi connectivity index (χ3n) is 3.17. The molecule has 20 heavy (non-hydrogen) atoms. The van der Waals surface area contributed by atoms with Crippen molar-refractivity contribution in [3.63, 3.8) is 0 Å². The summed E-state index contributed by atoms with van der Waals surface area (Å²) in [6.07, 6.45) is 0. The van der Waals surface area contributed by atoms with Crippen LogP contribution in [0, 0.1) is 6.92 Å². The quantitative estimate of drug-likeness (QED) is 0.699. The van der Waals surface area contributed by atoms with E-state index in [2.05, 4.69) is 5.32 Å². The largest absolute Gasteiger partial charge is 0.322 e. The van der Waals surface area contributed by atoms with Gasteiger partial charge in [0.05, 0.1) is 5.56 Å². The Morgan fingerprint density at radius 2 is 2.00 bits per heavy atom. The second-order valence-electron chi connectivity index (χ2n) is 4.56. The molecule has 0 aliphatic heterocycles. The molecule has 0 aliphatic carbocycles. The highest BCUT2D eigenvalue weighted by molar-refractivity contribution is 7.17. The summed E-state index contributed by atoms with van der Waals surface area (Å²) in [6, 6.07) is 13.4. The topological polar surface area (TPSA) is 29.1 Å². The molecule has 2 nitrogen and oxygen atoms in total. The van der Waals surface area contributed by atoms with Crippen molar-refractivity contribution >= 4 is 44.6 Å². The number of nitrogens with one attached hydrogen (secondary N) is 1. The lowest BCUT2D eigenvalue weighted by molar-refractivity contribution is 0.102. The van der Waals surface area contributed by atoms with Gasteiger partial charge in [-0.25, -0.2) is 0 Å². The molecule has 1 N–H and O–H groups in total. The molecule has 100 valence electrons. The number of hydrogen-bond donors (Lipinski definition) is 1. The van der Waals surface area contributed by atoms with Crippen molar-refractivity contribution in [1.29, 1.82) is 0 Å². The third-order valence-corrected chi connectivity index (χ3v) is 4.37. The van der Waals surface area contributed by atoms with E-state index < -0.39 is 0 Å². The average molecular weight is 302 g/mol. The van der Waals surface area contributed by atoms with E-state index in [1.807, 2.05) is 48.7 Å². The Morgan fingerprint density at radius 3 is 2.85 bits per heavy atom. The summed E-state index contributed by atoms with van der Waals surface area (Å²) in [5.74, 6) is -0.104. The summed E-state index contributed by atoms with van der Waals surface area (Å²) in [7, 11) is 0. The van der Waals surface area contributed by atoms with Crippen LogP contribution in [0.3, 0.4) is 0 Å². The van der Waals surface area contributed by atoms with Crippen molar-refractivity contribution in [2.24, 2.45) is 0 Å². The van der Waals surface area contributed by atoms with Crippen LogP contribution in [0.25, 0.3) is 10.1 Å². The van der Waals surface area contributed by atoms with Gasteiger partial charge >= 0.3 is 0 Å². The van der Waals surface area contributed by atoms with Gasteiger partial charge in [-0.05, 0) is 30.7 Å². The highest BCUT2D eigenvalue weighted by Crippen LogP contribution is 2.27. The van der Waals surface area contributed by atoms with Gasteiger partial charge in [-0.1, -0.05) is 35.9 Å². The third kappa shape index (κ3) is 2.42. The summed E-state index contributed by atoms with van der Waals surface area (Å²) < 4.78 is 1.11. The minimum Gasteiger partial charge on any atom is -0.322 e. The smallest absolute Gasteiger partial charge is 0.257 e. The van der Waals surface area contributed by atoms with E-state index in [1.54, 1.807) is 17.4 Å². The van der Waals surface area contributed by atoms with E-state index in [1.165, 1.54) is 0 Å². The number of aryl methyl sites for hydroxylation is 1. The lowest BCUT2D eigenvalue weighted by atomic mass is 10.1. The Kier molecular flexibility index (Phi) is 3.47. The fourth-order valence-electron chi connectivity index (χ4n) is 2.07. The minimum atomic E-state index is -0.104. The number of carbonyl (C=O) groups excluding carboxylic acids is 1. The molecular formula is C16H12ClNOS. The molecule has 1 amide bonds. The van der Waals surface area contributed by atoms with E-state index in [0.717, 1.165) is 21.3 Å². The molecule has 0 saturated carbocycles. The number of benzene rings is 2. The van der Waals surface area contributed by atoms with Gasteiger partial charge in [-0.3, -0.25) is 4.79 Å². The Bertz CT molecular complexity index is 794. The SMILES string of the molecule is Cc1ccc(Cl)cc1NC(=O)c1csc2ccccc12. The van der Waals surface area contributed by atoms with E-state index >= 15 is 0 Å². The van der Waals surface area contributed by atoms with Crippen LogP contribution in [-0.2, 0) is 0 Å². The Labute approximate surface area is 126 Å². The number of carbonyl (C=O) groups is 1. The van der Waals surface area contributed by atoms with Crippen LogP contribution in [0.15, 0.2) is 47.8 Å². The van der Waals surface area contributed by atoms with Crippen molar-refractivity contribution in [3.05, 3.63) is 64.0 Å². The first-order valence-corrected chi connectivity index (χ1v) is 7.44. The summed E-state index contributed by atoms with van der Waals surface area (Å²) in [5, 5.41) is 6.41. The molecule has 0 aliphatic rings. The minimum absolute atomic E-state index is 0.104. The number of amides is 1. The zero-order valence-corrected chi connectivity index (χ0v) is 12.4. The predicted molar refractivity (Wildman–Crippen MR) is 86.0 cm³/mol. The van der Waals surface area contributed by atoms with E-state index in [9.17, 15) is 4.79 Å². The number of rotatable bonds is 2. The fraction of sp³-hybridized carbons (Fsp3) is 0.0625. The van der Waals surface area contributed by atoms with Crippen molar-refractivity contribution in [2.45, 2.75) is 6.92 Å². The molecule has 3 aromatic rings. The number of fused-ring (bicyclic) bond motifs is 1. The van der Waals surface area contributed by atoms with Crippen LogP contribution in [0.5, 0.6) is 0 Å². The maximum Gasteiger partial charge on any atom is 0.257 e. The Morgan fingerprint density at radius 1 is 1.20 bits per heavy atom. The van der Waals surface area contributed by atoms with Crippen LogP contribution >= 0.6 is 22.9 Å². The van der Waals surface area contributed by atoms with Crippen LogP contribution in [0.1, 0.15) is 15.9 Å². The molecular weight excluding hydrogens is 290 g/mol. The molecule has 0 saturated heterocycles. The van der Waals surface area contributed by atoms with Gasteiger partial charge < -0.3 is 5.32 Å². The van der Waals surface area contributed by atoms with Crippen LogP contribution in [0.4, 0.5) is 5.69 Å². The molecule has 0 radical (unpaired) electrons. The molecule has 1 heterocycles. The molecule has 0 fully saturated rings. The number of thiophene rings is 1. The Balaban J connectivity index is 1.95. The number of halogens is 1. The van der Waals surface area contributed by atoms with Gasteiger partial charge in [0.15, 0.2) is 0 Å². The fourth-order valence-corrected chi connectivity index (χ4v) is 3.19. The van der Waals surface area contributed by atoms with Crippen molar-refractivity contribution in [3.8, 4) is 0 Å². The summed E-state index contributed by atoms with van der Waals surface area (Å²) in [4.78, 5) is 12.4. The van der Waals surface area contributed by atoms with E-state index in [-0.39, 0.29) is 5.91 Å². The van der Waals surface area contributed by atoms with Gasteiger partial charge in [0.25, 0.3) is 5.91 Å². The normalized spacial score (nSPS) is 10.7. The van der Waals surface area contributed by atoms with Crippen molar-refractivity contribution in [1.82, 2.24) is 0 Å². The van der Waals surface area contributed by atoms with E-state index in [4.69, 9.17) is 11.6 Å². The molecule has 1 aromatic heterocycles. The first kappa shape index (κ1) is 13.2. The maximum absolute atomic E-state index is 12.4. The standard InChI is InChI=1S/C16H12ClNOS/c1-10-6-7-11(17)8-14(10)18-16(19)13-9-20-15-5-3-2-4-12(13)15/h2-9H,1H3,(H,18,19). The first-order chi connectivity index (χ1) is 9.65. The van der Waals surface area contributed by atoms with Crippen LogP contribution in [0.2, 0.25) is 5.02 Å². The molecule has 0 spiro atoms.